The molecule has 0 atom stereocenters. The van der Waals surface area contributed by atoms with Crippen LogP contribution in [-0.4, -0.2) is 73.1 Å². The van der Waals surface area contributed by atoms with Crippen LogP contribution in [0.3, 0.4) is 0 Å². The first kappa shape index (κ1) is 27.5. The van der Waals surface area contributed by atoms with Crippen LogP contribution in [-0.2, 0) is 33.4 Å². The second kappa shape index (κ2) is 12.3. The molecule has 200 valence electrons. The van der Waals surface area contributed by atoms with Crippen LogP contribution < -0.4 is 0 Å². The number of imidazole rings is 1. The molecule has 0 radical (unpaired) electrons. The number of hydrogen-bond donors (Lipinski definition) is 0. The Hall–Kier alpha value is -2.53. The maximum absolute atomic E-state index is 13.5. The molecule has 1 aromatic carbocycles. The normalized spacial score (nSPS) is 14.8. The molecular formula is C27H36N4O4S2. The topological polar surface area (TPSA) is 84.7 Å². The third-order valence-electron chi connectivity index (χ3n) is 6.50. The summed E-state index contributed by atoms with van der Waals surface area (Å²) in [5.41, 5.74) is 2.43. The summed E-state index contributed by atoms with van der Waals surface area (Å²) in [6, 6.07) is 11.2. The van der Waals surface area contributed by atoms with Crippen LogP contribution in [0.5, 0.6) is 0 Å². The van der Waals surface area contributed by atoms with Gasteiger partial charge in [-0.1, -0.05) is 44.2 Å². The minimum Gasteiger partial charge on any atom is -0.379 e. The highest BCUT2D eigenvalue weighted by Gasteiger charge is 2.27. The monoisotopic (exact) mass is 544 g/mol. The summed E-state index contributed by atoms with van der Waals surface area (Å²) in [6.45, 7) is 11.2. The summed E-state index contributed by atoms with van der Waals surface area (Å²) in [5, 5.41) is 1.96. The molecule has 1 fully saturated rings. The van der Waals surface area contributed by atoms with E-state index in [1.54, 1.807) is 10.8 Å². The molecule has 1 amide bonds. The zero-order chi connectivity index (χ0) is 26.4. The van der Waals surface area contributed by atoms with E-state index in [-0.39, 0.29) is 22.7 Å². The Morgan fingerprint density at radius 3 is 2.59 bits per heavy atom. The number of morpholine rings is 1. The molecule has 4 rings (SSSR count). The Morgan fingerprint density at radius 2 is 1.92 bits per heavy atom. The number of sulfone groups is 1. The van der Waals surface area contributed by atoms with Crippen LogP contribution in [0.2, 0.25) is 0 Å². The van der Waals surface area contributed by atoms with Gasteiger partial charge in [0.05, 0.1) is 42.3 Å². The maximum atomic E-state index is 13.5. The first-order valence-corrected chi connectivity index (χ1v) is 15.2. The average molecular weight is 545 g/mol. The van der Waals surface area contributed by atoms with Crippen LogP contribution in [0.25, 0.3) is 0 Å². The molecule has 0 aliphatic carbocycles. The van der Waals surface area contributed by atoms with Gasteiger partial charge < -0.3 is 14.2 Å². The fourth-order valence-corrected chi connectivity index (χ4v) is 6.75. The van der Waals surface area contributed by atoms with Gasteiger partial charge in [-0.05, 0) is 35.4 Å². The van der Waals surface area contributed by atoms with Gasteiger partial charge in [-0.25, -0.2) is 13.4 Å². The molecule has 8 nitrogen and oxygen atoms in total. The van der Waals surface area contributed by atoms with Gasteiger partial charge in [-0.3, -0.25) is 9.69 Å². The lowest BCUT2D eigenvalue weighted by atomic mass is 10.1. The Morgan fingerprint density at radius 1 is 1.16 bits per heavy atom. The number of thiophene rings is 1. The molecule has 37 heavy (non-hydrogen) atoms. The lowest BCUT2D eigenvalue weighted by Crippen LogP contribution is -2.43. The molecule has 0 saturated carbocycles. The standard InChI is InChI=1S/C27H36N4O4S2/c1-21(2)18-31-24(17-28-27(31)37(33,34)20-23-8-5-4-7-22(23)3)19-30(26(32)25-9-6-16-36-25)11-10-29-12-14-35-15-13-29/h4-9,16-17,21H,10-15,18-20H2,1-3H3. The fraction of sp³-hybridized carbons (Fsp3) is 0.481. The summed E-state index contributed by atoms with van der Waals surface area (Å²) >= 11 is 1.42. The van der Waals surface area contributed by atoms with Crippen LogP contribution in [0.4, 0.5) is 0 Å². The largest absolute Gasteiger partial charge is 0.379 e. The molecule has 3 heterocycles. The van der Waals surface area contributed by atoms with E-state index in [1.807, 2.05) is 53.6 Å². The molecule has 1 aliphatic rings. The van der Waals surface area contributed by atoms with Gasteiger partial charge in [-0.15, -0.1) is 11.3 Å². The second-order valence-electron chi connectivity index (χ2n) is 9.88. The van der Waals surface area contributed by atoms with Crippen LogP contribution in [0, 0.1) is 12.8 Å². The summed E-state index contributed by atoms with van der Waals surface area (Å²) in [4.78, 5) is 22.6. The second-order valence-corrected chi connectivity index (χ2v) is 12.7. The summed E-state index contributed by atoms with van der Waals surface area (Å²) in [5.74, 6) is 0.0448. The minimum absolute atomic E-state index is 0.0510. The average Bonchev–Trinajstić information content (AvgIpc) is 3.54. The number of rotatable bonds is 11. The SMILES string of the molecule is Cc1ccccc1CS(=O)(=O)c1ncc(CN(CCN2CCOCC2)C(=O)c2cccs2)n1CC(C)C. The summed E-state index contributed by atoms with van der Waals surface area (Å²) < 4.78 is 34.3. The number of carbonyl (C=O) groups is 1. The molecule has 1 aliphatic heterocycles. The van der Waals surface area contributed by atoms with Crippen LogP contribution in [0.1, 0.15) is 40.3 Å². The third kappa shape index (κ3) is 7.07. The van der Waals surface area contributed by atoms with Gasteiger partial charge in [-0.2, -0.15) is 0 Å². The van der Waals surface area contributed by atoms with E-state index in [0.29, 0.717) is 37.7 Å². The van der Waals surface area contributed by atoms with E-state index in [0.717, 1.165) is 36.5 Å². The Bertz CT molecular complexity index is 1280. The molecule has 0 N–H and O–H groups in total. The Kier molecular flexibility index (Phi) is 9.17. The molecule has 0 unspecified atom stereocenters. The lowest BCUT2D eigenvalue weighted by molar-refractivity contribution is 0.0319. The van der Waals surface area contributed by atoms with Gasteiger partial charge >= 0.3 is 0 Å². The number of hydrogen-bond acceptors (Lipinski definition) is 7. The van der Waals surface area contributed by atoms with Crippen molar-refractivity contribution in [3.8, 4) is 0 Å². The fourth-order valence-electron chi connectivity index (χ4n) is 4.46. The first-order chi connectivity index (χ1) is 17.7. The summed E-state index contributed by atoms with van der Waals surface area (Å²) in [6.07, 6.45) is 1.62. The zero-order valence-corrected chi connectivity index (χ0v) is 23.4. The van der Waals surface area contributed by atoms with Gasteiger partial charge in [0.25, 0.3) is 5.91 Å². The first-order valence-electron chi connectivity index (χ1n) is 12.7. The molecule has 2 aromatic heterocycles. The van der Waals surface area contributed by atoms with E-state index >= 15 is 0 Å². The number of aryl methyl sites for hydroxylation is 1. The molecule has 1 saturated heterocycles. The van der Waals surface area contributed by atoms with E-state index in [1.165, 1.54) is 11.3 Å². The molecule has 3 aromatic rings. The van der Waals surface area contributed by atoms with E-state index in [9.17, 15) is 13.2 Å². The smallest absolute Gasteiger partial charge is 0.264 e. The molecule has 0 bridgehead atoms. The lowest BCUT2D eigenvalue weighted by Gasteiger charge is -2.30. The van der Waals surface area contributed by atoms with Crippen molar-refractivity contribution >= 4 is 27.1 Å². The van der Waals surface area contributed by atoms with Crippen molar-refractivity contribution in [3.05, 3.63) is 69.7 Å². The Balaban J connectivity index is 1.62. The van der Waals surface area contributed by atoms with Crippen molar-refractivity contribution in [1.82, 2.24) is 19.4 Å². The van der Waals surface area contributed by atoms with E-state index < -0.39 is 9.84 Å². The quantitative estimate of drug-likeness (QED) is 0.365. The van der Waals surface area contributed by atoms with Crippen molar-refractivity contribution in [2.75, 3.05) is 39.4 Å². The number of amides is 1. The van der Waals surface area contributed by atoms with Gasteiger partial charge in [0.1, 0.15) is 0 Å². The highest BCUT2D eigenvalue weighted by Crippen LogP contribution is 2.23. The van der Waals surface area contributed by atoms with Crippen molar-refractivity contribution < 1.29 is 17.9 Å². The molecule has 10 heteroatoms. The highest BCUT2D eigenvalue weighted by atomic mass is 32.2. The zero-order valence-electron chi connectivity index (χ0n) is 21.8. The number of aromatic nitrogens is 2. The van der Waals surface area contributed by atoms with E-state index in [4.69, 9.17) is 4.74 Å². The molecule has 0 spiro atoms. The van der Waals surface area contributed by atoms with Gasteiger partial charge in [0.15, 0.2) is 0 Å². The Labute approximate surface area is 223 Å². The van der Waals surface area contributed by atoms with E-state index in [2.05, 4.69) is 23.7 Å². The highest BCUT2D eigenvalue weighted by molar-refractivity contribution is 7.90. The van der Waals surface area contributed by atoms with Crippen LogP contribution in [0.15, 0.2) is 53.1 Å². The maximum Gasteiger partial charge on any atom is 0.264 e. The van der Waals surface area contributed by atoms with Crippen molar-refractivity contribution in [2.45, 2.75) is 44.8 Å². The minimum atomic E-state index is -3.69. The van der Waals surface area contributed by atoms with Gasteiger partial charge in [0.2, 0.25) is 15.0 Å². The third-order valence-corrected chi connectivity index (χ3v) is 8.93. The number of benzene rings is 1. The number of ether oxygens (including phenoxy) is 1. The predicted octanol–water partition coefficient (Wildman–Crippen LogP) is 3.86. The summed E-state index contributed by atoms with van der Waals surface area (Å²) in [7, 11) is -3.69. The molecular weight excluding hydrogens is 508 g/mol. The predicted molar refractivity (Wildman–Crippen MR) is 145 cm³/mol. The van der Waals surface area contributed by atoms with Crippen LogP contribution >= 0.6 is 11.3 Å². The number of nitrogens with zero attached hydrogens (tertiary/aromatic N) is 4. The van der Waals surface area contributed by atoms with Crippen molar-refractivity contribution in [2.24, 2.45) is 5.92 Å². The van der Waals surface area contributed by atoms with Crippen molar-refractivity contribution in [1.29, 1.82) is 0 Å². The van der Waals surface area contributed by atoms with Gasteiger partial charge in [0, 0.05) is 32.7 Å². The number of carbonyl (C=O) groups excluding carboxylic acids is 1. The van der Waals surface area contributed by atoms with Crippen molar-refractivity contribution in [3.63, 3.8) is 0 Å².